The highest BCUT2D eigenvalue weighted by atomic mass is 16.1. The number of nitrogens with one attached hydrogen (secondary N) is 1. The molecular formula is C20H23N3O. The number of aryl methyl sites for hydroxylation is 3. The number of aromatic nitrogens is 2. The van der Waals surface area contributed by atoms with E-state index in [1.165, 1.54) is 16.7 Å². The lowest BCUT2D eigenvalue weighted by Gasteiger charge is -2.12. The van der Waals surface area contributed by atoms with Gasteiger partial charge in [-0.15, -0.1) is 0 Å². The van der Waals surface area contributed by atoms with Crippen LogP contribution in [-0.4, -0.2) is 22.5 Å². The molecule has 0 spiro atoms. The molecule has 2 aromatic carbocycles. The van der Waals surface area contributed by atoms with Crippen molar-refractivity contribution in [2.45, 2.75) is 33.2 Å². The van der Waals surface area contributed by atoms with Crippen LogP contribution in [0, 0.1) is 13.8 Å². The predicted molar refractivity (Wildman–Crippen MR) is 97.1 cm³/mol. The molecule has 0 saturated carbocycles. The highest BCUT2D eigenvalue weighted by molar-refractivity contribution is 5.76. The first kappa shape index (κ1) is 16.2. The van der Waals surface area contributed by atoms with Gasteiger partial charge >= 0.3 is 0 Å². The average molecular weight is 321 g/mol. The van der Waals surface area contributed by atoms with Crippen LogP contribution in [-0.2, 0) is 17.8 Å². The highest BCUT2D eigenvalue weighted by Gasteiger charge is 2.11. The van der Waals surface area contributed by atoms with Crippen molar-refractivity contribution in [2.75, 3.05) is 6.54 Å². The lowest BCUT2D eigenvalue weighted by molar-refractivity contribution is -0.109. The van der Waals surface area contributed by atoms with E-state index < -0.39 is 0 Å². The van der Waals surface area contributed by atoms with E-state index in [4.69, 9.17) is 4.98 Å². The number of imidazole rings is 1. The first-order valence-corrected chi connectivity index (χ1v) is 8.36. The zero-order valence-electron chi connectivity index (χ0n) is 14.2. The Morgan fingerprint density at radius 3 is 2.83 bits per heavy atom. The molecule has 0 aliphatic carbocycles. The van der Waals surface area contributed by atoms with Gasteiger partial charge < -0.3 is 9.88 Å². The lowest BCUT2D eigenvalue weighted by Crippen LogP contribution is -2.14. The largest absolute Gasteiger partial charge is 0.359 e. The minimum Gasteiger partial charge on any atom is -0.359 e. The Bertz CT molecular complexity index is 851. The molecule has 0 aliphatic heterocycles. The van der Waals surface area contributed by atoms with Crippen molar-refractivity contribution in [1.29, 1.82) is 0 Å². The molecule has 1 N–H and O–H groups in total. The van der Waals surface area contributed by atoms with Crippen LogP contribution in [0.5, 0.6) is 0 Å². The van der Waals surface area contributed by atoms with Crippen molar-refractivity contribution >= 4 is 17.4 Å². The number of carbonyl (C=O) groups is 1. The summed E-state index contributed by atoms with van der Waals surface area (Å²) in [4.78, 5) is 15.2. The summed E-state index contributed by atoms with van der Waals surface area (Å²) in [7, 11) is 0. The Balaban J connectivity index is 1.94. The van der Waals surface area contributed by atoms with Gasteiger partial charge in [0, 0.05) is 19.5 Å². The number of rotatable bonds is 7. The van der Waals surface area contributed by atoms with Crippen molar-refractivity contribution in [2.24, 2.45) is 0 Å². The summed E-state index contributed by atoms with van der Waals surface area (Å²) < 4.78 is 2.30. The smallest absolute Gasteiger partial charge is 0.207 e. The van der Waals surface area contributed by atoms with Crippen LogP contribution in [0.2, 0.25) is 0 Å². The van der Waals surface area contributed by atoms with Gasteiger partial charge in [0.1, 0.15) is 5.82 Å². The van der Waals surface area contributed by atoms with Crippen LogP contribution in [0.15, 0.2) is 42.5 Å². The minimum absolute atomic E-state index is 0.677. The van der Waals surface area contributed by atoms with E-state index in [0.29, 0.717) is 6.54 Å². The average Bonchev–Trinajstić information content (AvgIpc) is 2.93. The van der Waals surface area contributed by atoms with Crippen molar-refractivity contribution in [1.82, 2.24) is 14.9 Å². The van der Waals surface area contributed by atoms with Gasteiger partial charge in [0.25, 0.3) is 0 Å². The van der Waals surface area contributed by atoms with E-state index in [2.05, 4.69) is 60.1 Å². The second-order valence-electron chi connectivity index (χ2n) is 6.21. The van der Waals surface area contributed by atoms with Gasteiger partial charge in [0.15, 0.2) is 0 Å². The van der Waals surface area contributed by atoms with Gasteiger partial charge in [-0.05, 0) is 43.5 Å². The fourth-order valence-electron chi connectivity index (χ4n) is 3.04. The van der Waals surface area contributed by atoms with Crippen molar-refractivity contribution < 1.29 is 4.79 Å². The van der Waals surface area contributed by atoms with E-state index in [9.17, 15) is 4.79 Å². The maximum Gasteiger partial charge on any atom is 0.207 e. The third kappa shape index (κ3) is 3.48. The van der Waals surface area contributed by atoms with E-state index >= 15 is 0 Å². The van der Waals surface area contributed by atoms with Crippen molar-refractivity contribution in [3.63, 3.8) is 0 Å². The second kappa shape index (κ2) is 7.30. The zero-order chi connectivity index (χ0) is 16.9. The third-order valence-electron chi connectivity index (χ3n) is 4.37. The van der Waals surface area contributed by atoms with Gasteiger partial charge in [0.2, 0.25) is 6.41 Å². The summed E-state index contributed by atoms with van der Waals surface area (Å²) >= 11 is 0. The number of carbonyl (C=O) groups excluding carboxylic acids is 1. The molecule has 0 unspecified atom stereocenters. The Labute approximate surface area is 142 Å². The molecule has 0 atom stereocenters. The van der Waals surface area contributed by atoms with Gasteiger partial charge in [-0.25, -0.2) is 4.98 Å². The molecule has 124 valence electrons. The number of hydrogen-bond acceptors (Lipinski definition) is 2. The first-order chi connectivity index (χ1) is 11.7. The molecule has 3 aromatic rings. The molecular weight excluding hydrogens is 298 g/mol. The van der Waals surface area contributed by atoms with Crippen LogP contribution in [0.25, 0.3) is 11.0 Å². The molecule has 0 bridgehead atoms. The molecule has 0 fully saturated rings. The van der Waals surface area contributed by atoms with Crippen LogP contribution in [0.3, 0.4) is 0 Å². The number of amides is 1. The van der Waals surface area contributed by atoms with Crippen LogP contribution < -0.4 is 5.32 Å². The normalized spacial score (nSPS) is 10.9. The monoisotopic (exact) mass is 321 g/mol. The van der Waals surface area contributed by atoms with E-state index in [1.807, 2.05) is 6.07 Å². The summed E-state index contributed by atoms with van der Waals surface area (Å²) in [6, 6.07) is 14.8. The number of fused-ring (bicyclic) bond motifs is 1. The molecule has 1 heterocycles. The van der Waals surface area contributed by atoms with Crippen molar-refractivity contribution in [3.8, 4) is 0 Å². The molecule has 3 rings (SSSR count). The topological polar surface area (TPSA) is 46.9 Å². The summed E-state index contributed by atoms with van der Waals surface area (Å²) in [5.74, 6) is 1.07. The van der Waals surface area contributed by atoms with Crippen LogP contribution in [0.4, 0.5) is 0 Å². The van der Waals surface area contributed by atoms with E-state index in [0.717, 1.165) is 42.7 Å². The Morgan fingerprint density at radius 2 is 2.00 bits per heavy atom. The third-order valence-corrected chi connectivity index (χ3v) is 4.37. The maximum absolute atomic E-state index is 10.4. The SMILES string of the molecule is Cc1ccc(C)c(Cn2c(CCCNC=O)nc3ccccc32)c1. The van der Waals surface area contributed by atoms with E-state index in [1.54, 1.807) is 0 Å². The summed E-state index contributed by atoms with van der Waals surface area (Å²) in [5.41, 5.74) is 6.09. The molecule has 1 amide bonds. The number of hydrogen-bond donors (Lipinski definition) is 1. The minimum atomic E-state index is 0.677. The van der Waals surface area contributed by atoms with Crippen LogP contribution >= 0.6 is 0 Å². The molecule has 0 radical (unpaired) electrons. The lowest BCUT2D eigenvalue weighted by atomic mass is 10.1. The Hall–Kier alpha value is -2.62. The number of para-hydroxylation sites is 2. The fourth-order valence-corrected chi connectivity index (χ4v) is 3.04. The van der Waals surface area contributed by atoms with E-state index in [-0.39, 0.29) is 0 Å². The Kier molecular flexibility index (Phi) is 4.94. The van der Waals surface area contributed by atoms with Gasteiger partial charge in [-0.1, -0.05) is 35.9 Å². The molecule has 4 nitrogen and oxygen atoms in total. The maximum atomic E-state index is 10.4. The van der Waals surface area contributed by atoms with Gasteiger partial charge in [-0.2, -0.15) is 0 Å². The first-order valence-electron chi connectivity index (χ1n) is 8.36. The summed E-state index contributed by atoms with van der Waals surface area (Å²) in [6.07, 6.45) is 2.48. The molecule has 0 saturated heterocycles. The number of benzene rings is 2. The summed E-state index contributed by atoms with van der Waals surface area (Å²) in [5, 5.41) is 2.72. The van der Waals surface area contributed by atoms with Crippen molar-refractivity contribution in [3.05, 3.63) is 65.0 Å². The summed E-state index contributed by atoms with van der Waals surface area (Å²) in [6.45, 7) is 5.78. The quantitative estimate of drug-likeness (QED) is 0.536. The van der Waals surface area contributed by atoms with Crippen LogP contribution in [0.1, 0.15) is 28.9 Å². The second-order valence-corrected chi connectivity index (χ2v) is 6.21. The molecule has 24 heavy (non-hydrogen) atoms. The predicted octanol–water partition coefficient (Wildman–Crippen LogP) is 3.38. The molecule has 1 aromatic heterocycles. The molecule has 0 aliphatic rings. The zero-order valence-corrected chi connectivity index (χ0v) is 14.2. The standard InChI is InChI=1S/C20H23N3O/c1-15-9-10-16(2)17(12-15)13-23-19-7-4-3-6-18(19)22-20(23)8-5-11-21-14-24/h3-4,6-7,9-10,12,14H,5,8,11,13H2,1-2H3,(H,21,24). The van der Waals surface area contributed by atoms with Gasteiger partial charge in [-0.3, -0.25) is 4.79 Å². The fraction of sp³-hybridized carbons (Fsp3) is 0.300. The Morgan fingerprint density at radius 1 is 1.17 bits per heavy atom. The number of nitrogens with zero attached hydrogens (tertiary/aromatic N) is 2. The van der Waals surface area contributed by atoms with Gasteiger partial charge in [0.05, 0.1) is 11.0 Å². The molecule has 4 heteroatoms. The highest BCUT2D eigenvalue weighted by Crippen LogP contribution is 2.21.